The van der Waals surface area contributed by atoms with E-state index in [2.05, 4.69) is 25.0 Å². The van der Waals surface area contributed by atoms with Gasteiger partial charge < -0.3 is 9.80 Å². The lowest BCUT2D eigenvalue weighted by Crippen LogP contribution is -2.48. The molecule has 0 radical (unpaired) electrons. The number of carbonyl (C=O) groups is 1. The van der Waals surface area contributed by atoms with Crippen molar-refractivity contribution in [3.63, 3.8) is 0 Å². The van der Waals surface area contributed by atoms with Crippen LogP contribution in [-0.4, -0.2) is 66.7 Å². The number of piperazine rings is 1. The van der Waals surface area contributed by atoms with Crippen LogP contribution < -0.4 is 4.90 Å². The molecule has 10 heteroatoms. The van der Waals surface area contributed by atoms with Crippen LogP contribution in [0.2, 0.25) is 5.28 Å². The summed E-state index contributed by atoms with van der Waals surface area (Å²) in [6.07, 6.45) is 2.88. The molecule has 21 heavy (non-hydrogen) atoms. The summed E-state index contributed by atoms with van der Waals surface area (Å²) in [7, 11) is 0. The van der Waals surface area contributed by atoms with E-state index in [9.17, 15) is 4.79 Å². The van der Waals surface area contributed by atoms with Crippen LogP contribution in [0.5, 0.6) is 0 Å². The predicted molar refractivity (Wildman–Crippen MR) is 74.2 cm³/mol. The maximum Gasteiger partial charge on any atom is 0.258 e. The molecule has 3 rings (SSSR count). The van der Waals surface area contributed by atoms with Crippen molar-refractivity contribution in [2.45, 2.75) is 6.92 Å². The van der Waals surface area contributed by atoms with Crippen molar-refractivity contribution in [3.05, 3.63) is 17.9 Å². The lowest BCUT2D eigenvalue weighted by Gasteiger charge is -2.34. The summed E-state index contributed by atoms with van der Waals surface area (Å²) in [5.74, 6) is 0.867. The molecule has 1 saturated heterocycles. The van der Waals surface area contributed by atoms with Gasteiger partial charge in [-0.25, -0.2) is 4.98 Å². The number of anilines is 1. The van der Waals surface area contributed by atoms with E-state index in [1.807, 2.05) is 4.90 Å². The monoisotopic (exact) mass is 308 g/mol. The third-order valence-electron chi connectivity index (χ3n) is 3.22. The van der Waals surface area contributed by atoms with E-state index in [1.165, 1.54) is 17.3 Å². The highest BCUT2D eigenvalue weighted by Gasteiger charge is 2.21. The van der Waals surface area contributed by atoms with Gasteiger partial charge in [-0.2, -0.15) is 24.7 Å². The predicted octanol–water partition coefficient (Wildman–Crippen LogP) is -0.226. The van der Waals surface area contributed by atoms with E-state index in [-0.39, 0.29) is 11.2 Å². The molecule has 1 aliphatic rings. The van der Waals surface area contributed by atoms with Gasteiger partial charge >= 0.3 is 0 Å². The van der Waals surface area contributed by atoms with Gasteiger partial charge in [0.1, 0.15) is 12.7 Å². The first-order valence-corrected chi connectivity index (χ1v) is 6.78. The lowest BCUT2D eigenvalue weighted by atomic mass is 10.3. The zero-order chi connectivity index (χ0) is 14.8. The summed E-state index contributed by atoms with van der Waals surface area (Å²) in [6, 6.07) is 0. The van der Waals surface area contributed by atoms with Gasteiger partial charge in [-0.1, -0.05) is 0 Å². The van der Waals surface area contributed by atoms with Crippen molar-refractivity contribution in [1.29, 1.82) is 0 Å². The Bertz CT molecular complexity index is 638. The Labute approximate surface area is 125 Å². The molecular formula is C11H13ClN8O. The molecule has 0 saturated carbocycles. The maximum atomic E-state index is 11.3. The van der Waals surface area contributed by atoms with Gasteiger partial charge in [0.05, 0.1) is 0 Å². The first kappa shape index (κ1) is 13.7. The maximum absolute atomic E-state index is 11.3. The van der Waals surface area contributed by atoms with Gasteiger partial charge in [0.2, 0.25) is 17.1 Å². The van der Waals surface area contributed by atoms with Crippen LogP contribution in [0.15, 0.2) is 12.7 Å². The number of carbonyl (C=O) groups excluding carboxylic acids is 1. The van der Waals surface area contributed by atoms with Crippen LogP contribution >= 0.6 is 11.6 Å². The fourth-order valence-electron chi connectivity index (χ4n) is 2.11. The van der Waals surface area contributed by atoms with Crippen molar-refractivity contribution in [2.75, 3.05) is 31.1 Å². The Kier molecular flexibility index (Phi) is 3.65. The molecule has 0 unspecified atom stereocenters. The third kappa shape index (κ3) is 2.92. The molecule has 2 aromatic rings. The smallest absolute Gasteiger partial charge is 0.258 e. The van der Waals surface area contributed by atoms with Crippen LogP contribution in [0.25, 0.3) is 5.95 Å². The highest BCUT2D eigenvalue weighted by Crippen LogP contribution is 2.15. The van der Waals surface area contributed by atoms with Crippen LogP contribution in [0.3, 0.4) is 0 Å². The molecule has 9 nitrogen and oxygen atoms in total. The summed E-state index contributed by atoms with van der Waals surface area (Å²) in [5, 5.41) is 4.07. The molecule has 0 N–H and O–H groups in total. The van der Waals surface area contributed by atoms with Gasteiger partial charge in [0.25, 0.3) is 5.95 Å². The molecule has 2 aromatic heterocycles. The molecule has 1 amide bonds. The quantitative estimate of drug-likeness (QED) is 0.756. The van der Waals surface area contributed by atoms with Gasteiger partial charge in [0.15, 0.2) is 0 Å². The molecule has 0 atom stereocenters. The van der Waals surface area contributed by atoms with E-state index in [0.717, 1.165) is 0 Å². The lowest BCUT2D eigenvalue weighted by molar-refractivity contribution is -0.129. The van der Waals surface area contributed by atoms with Crippen LogP contribution in [0, 0.1) is 0 Å². The van der Waals surface area contributed by atoms with Crippen molar-refractivity contribution in [1.82, 2.24) is 34.6 Å². The Morgan fingerprint density at radius 2 is 1.86 bits per heavy atom. The number of nitrogens with zero attached hydrogens (tertiary/aromatic N) is 8. The number of hydrogen-bond acceptors (Lipinski definition) is 7. The average Bonchev–Trinajstić information content (AvgIpc) is 3.01. The number of halogens is 1. The zero-order valence-electron chi connectivity index (χ0n) is 11.3. The first-order valence-electron chi connectivity index (χ1n) is 6.40. The standard InChI is InChI=1S/C11H13ClN8O/c1-8(21)18-2-4-19(5-3-18)10-15-9(12)16-11(17-10)20-7-13-6-14-20/h6-7H,2-5H2,1H3. The fourth-order valence-corrected chi connectivity index (χ4v) is 2.26. The first-order chi connectivity index (χ1) is 10.1. The minimum Gasteiger partial charge on any atom is -0.339 e. The average molecular weight is 309 g/mol. The number of amides is 1. The van der Waals surface area contributed by atoms with Gasteiger partial charge in [-0.15, -0.1) is 0 Å². The van der Waals surface area contributed by atoms with Crippen molar-refractivity contribution >= 4 is 23.5 Å². The highest BCUT2D eigenvalue weighted by atomic mass is 35.5. The molecule has 1 fully saturated rings. The molecule has 1 aliphatic heterocycles. The molecule has 0 spiro atoms. The highest BCUT2D eigenvalue weighted by molar-refractivity contribution is 6.28. The van der Waals surface area contributed by atoms with Crippen LogP contribution in [0.4, 0.5) is 5.95 Å². The van der Waals surface area contributed by atoms with E-state index in [0.29, 0.717) is 38.1 Å². The zero-order valence-corrected chi connectivity index (χ0v) is 12.1. The minimum atomic E-state index is 0.0756. The fraction of sp³-hybridized carbons (Fsp3) is 0.455. The van der Waals surface area contributed by atoms with Gasteiger partial charge in [-0.05, 0) is 11.6 Å². The number of hydrogen-bond donors (Lipinski definition) is 0. The normalized spacial score (nSPS) is 15.3. The van der Waals surface area contributed by atoms with Crippen LogP contribution in [-0.2, 0) is 4.79 Å². The van der Waals surface area contributed by atoms with E-state index in [4.69, 9.17) is 11.6 Å². The second kappa shape index (κ2) is 5.60. The van der Waals surface area contributed by atoms with E-state index < -0.39 is 0 Å². The second-order valence-corrected chi connectivity index (χ2v) is 4.88. The molecular weight excluding hydrogens is 296 g/mol. The van der Waals surface area contributed by atoms with E-state index in [1.54, 1.807) is 11.8 Å². The Morgan fingerprint density at radius 3 is 2.48 bits per heavy atom. The van der Waals surface area contributed by atoms with Crippen LogP contribution in [0.1, 0.15) is 6.92 Å². The van der Waals surface area contributed by atoms with Gasteiger partial charge in [0, 0.05) is 33.1 Å². The SMILES string of the molecule is CC(=O)N1CCN(c2nc(Cl)nc(-n3cncn3)n2)CC1. The molecule has 3 heterocycles. The Morgan fingerprint density at radius 1 is 1.14 bits per heavy atom. The Balaban J connectivity index is 1.82. The largest absolute Gasteiger partial charge is 0.339 e. The second-order valence-electron chi connectivity index (χ2n) is 4.54. The van der Waals surface area contributed by atoms with Crippen molar-refractivity contribution < 1.29 is 4.79 Å². The molecule has 110 valence electrons. The molecule has 0 bridgehead atoms. The summed E-state index contributed by atoms with van der Waals surface area (Å²) >= 11 is 5.95. The minimum absolute atomic E-state index is 0.0756. The third-order valence-corrected chi connectivity index (χ3v) is 3.39. The summed E-state index contributed by atoms with van der Waals surface area (Å²) in [5.41, 5.74) is 0. The topological polar surface area (TPSA) is 92.9 Å². The van der Waals surface area contributed by atoms with E-state index >= 15 is 0 Å². The molecule has 0 aromatic carbocycles. The number of aromatic nitrogens is 6. The number of rotatable bonds is 2. The molecule has 0 aliphatic carbocycles. The van der Waals surface area contributed by atoms with Crippen molar-refractivity contribution in [3.8, 4) is 5.95 Å². The summed E-state index contributed by atoms with van der Waals surface area (Å²) < 4.78 is 1.42. The summed E-state index contributed by atoms with van der Waals surface area (Å²) in [6.45, 7) is 4.14. The Hall–Kier alpha value is -2.29. The van der Waals surface area contributed by atoms with Gasteiger partial charge in [-0.3, -0.25) is 4.79 Å². The summed E-state index contributed by atoms with van der Waals surface area (Å²) in [4.78, 5) is 31.5. The van der Waals surface area contributed by atoms with Crippen molar-refractivity contribution in [2.24, 2.45) is 0 Å².